The van der Waals surface area contributed by atoms with Crippen molar-refractivity contribution in [3.8, 4) is 0 Å². The maximum absolute atomic E-state index is 12.0. The van der Waals surface area contributed by atoms with Crippen LogP contribution in [0, 0.1) is 10.1 Å². The highest BCUT2D eigenvalue weighted by atomic mass is 35.5. The lowest BCUT2D eigenvalue weighted by Crippen LogP contribution is -2.03. The van der Waals surface area contributed by atoms with Gasteiger partial charge >= 0.3 is 0 Å². The fraction of sp³-hybridized carbons (Fsp3) is 0. The Hall–Kier alpha value is -2.18. The molecule has 100 valence electrons. The zero-order valence-electron chi connectivity index (χ0n) is 9.92. The van der Waals surface area contributed by atoms with E-state index in [4.69, 9.17) is 11.6 Å². The van der Waals surface area contributed by atoms with E-state index in [-0.39, 0.29) is 16.6 Å². The number of anilines is 1. The van der Waals surface area contributed by atoms with Crippen LogP contribution in [0.15, 0.2) is 29.0 Å². The molecule has 0 unspecified atom stereocenters. The van der Waals surface area contributed by atoms with Crippen molar-refractivity contribution in [3.05, 3.63) is 55.2 Å². The number of fused-ring (bicyclic) bond motifs is 1. The summed E-state index contributed by atoms with van der Waals surface area (Å²) in [4.78, 5) is 22.3. The number of thiophene rings is 1. The SMILES string of the molecule is O=C1Nc2cc(Cl)c([N+](=O)[O-])cc2/C1=C\c1ccsc1. The third kappa shape index (κ3) is 2.09. The fourth-order valence-electron chi connectivity index (χ4n) is 2.01. The van der Waals surface area contributed by atoms with Gasteiger partial charge in [-0.3, -0.25) is 14.9 Å². The second-order valence-electron chi connectivity index (χ2n) is 4.18. The van der Waals surface area contributed by atoms with Gasteiger partial charge in [-0.1, -0.05) is 11.6 Å². The number of amides is 1. The summed E-state index contributed by atoms with van der Waals surface area (Å²) in [7, 11) is 0. The molecule has 5 nitrogen and oxygen atoms in total. The fourth-order valence-corrected chi connectivity index (χ4v) is 2.86. The summed E-state index contributed by atoms with van der Waals surface area (Å²) in [6.07, 6.45) is 1.70. The number of hydrogen-bond acceptors (Lipinski definition) is 4. The molecule has 2 aromatic rings. The standard InChI is InChI=1S/C13H7ClN2O3S/c14-10-5-11-8(4-12(10)16(18)19)9(13(17)15-11)3-7-1-2-20-6-7/h1-6H,(H,15,17)/b9-3+. The Morgan fingerprint density at radius 2 is 2.20 bits per heavy atom. The van der Waals surface area contributed by atoms with E-state index in [9.17, 15) is 14.9 Å². The number of hydrogen-bond donors (Lipinski definition) is 1. The van der Waals surface area contributed by atoms with Gasteiger partial charge in [-0.15, -0.1) is 0 Å². The van der Waals surface area contributed by atoms with Crippen molar-refractivity contribution in [1.82, 2.24) is 0 Å². The van der Waals surface area contributed by atoms with Crippen LogP contribution in [0.1, 0.15) is 11.1 Å². The first-order valence-corrected chi connectivity index (χ1v) is 6.92. The number of benzene rings is 1. The number of nitrogens with zero attached hydrogens (tertiary/aromatic N) is 1. The third-order valence-electron chi connectivity index (χ3n) is 2.92. The molecular weight excluding hydrogens is 300 g/mol. The van der Waals surface area contributed by atoms with Gasteiger partial charge in [-0.2, -0.15) is 11.3 Å². The van der Waals surface area contributed by atoms with Crippen molar-refractivity contribution in [3.63, 3.8) is 0 Å². The molecule has 1 N–H and O–H groups in total. The van der Waals surface area contributed by atoms with Crippen molar-refractivity contribution in [2.24, 2.45) is 0 Å². The van der Waals surface area contributed by atoms with Crippen LogP contribution in [0.2, 0.25) is 5.02 Å². The van der Waals surface area contributed by atoms with Crippen molar-refractivity contribution in [2.45, 2.75) is 0 Å². The summed E-state index contributed by atoms with van der Waals surface area (Å²) in [5.74, 6) is -0.289. The second kappa shape index (κ2) is 4.73. The predicted molar refractivity (Wildman–Crippen MR) is 78.9 cm³/mol. The number of rotatable bonds is 2. The summed E-state index contributed by atoms with van der Waals surface area (Å²) in [5, 5.41) is 17.4. The molecule has 1 amide bonds. The molecule has 1 aromatic carbocycles. The zero-order chi connectivity index (χ0) is 14.3. The molecule has 3 rings (SSSR count). The second-order valence-corrected chi connectivity index (χ2v) is 5.36. The minimum Gasteiger partial charge on any atom is -0.321 e. The van der Waals surface area contributed by atoms with Gasteiger partial charge in [0.15, 0.2) is 0 Å². The van der Waals surface area contributed by atoms with E-state index in [0.717, 1.165) is 5.56 Å². The van der Waals surface area contributed by atoms with Crippen molar-refractivity contribution < 1.29 is 9.72 Å². The first kappa shape index (κ1) is 12.8. The highest BCUT2D eigenvalue weighted by Gasteiger charge is 2.28. The van der Waals surface area contributed by atoms with E-state index in [0.29, 0.717) is 16.8 Å². The largest absolute Gasteiger partial charge is 0.321 e. The van der Waals surface area contributed by atoms with Gasteiger partial charge in [0.05, 0.1) is 10.6 Å². The molecule has 2 heterocycles. The van der Waals surface area contributed by atoms with Gasteiger partial charge in [0.25, 0.3) is 11.6 Å². The Labute approximate surface area is 122 Å². The number of nitrogens with one attached hydrogen (secondary N) is 1. The molecule has 0 radical (unpaired) electrons. The molecule has 0 aliphatic carbocycles. The topological polar surface area (TPSA) is 72.2 Å². The highest BCUT2D eigenvalue weighted by Crippen LogP contribution is 2.39. The van der Waals surface area contributed by atoms with E-state index in [2.05, 4.69) is 5.32 Å². The smallest absolute Gasteiger partial charge is 0.288 e. The monoisotopic (exact) mass is 306 g/mol. The van der Waals surface area contributed by atoms with Crippen molar-refractivity contribution in [2.75, 3.05) is 5.32 Å². The first-order chi connectivity index (χ1) is 9.56. The van der Waals surface area contributed by atoms with Crippen LogP contribution >= 0.6 is 22.9 Å². The van der Waals surface area contributed by atoms with E-state index in [1.54, 1.807) is 6.08 Å². The van der Waals surface area contributed by atoms with Crippen molar-refractivity contribution in [1.29, 1.82) is 0 Å². The summed E-state index contributed by atoms with van der Waals surface area (Å²) < 4.78 is 0. The normalized spacial score (nSPS) is 15.2. The molecule has 7 heteroatoms. The third-order valence-corrected chi connectivity index (χ3v) is 3.93. The number of carbonyl (C=O) groups is 1. The maximum Gasteiger partial charge on any atom is 0.288 e. The van der Waals surface area contributed by atoms with Crippen LogP contribution in [0.4, 0.5) is 11.4 Å². The Kier molecular flexibility index (Phi) is 3.04. The molecule has 1 aromatic heterocycles. The first-order valence-electron chi connectivity index (χ1n) is 5.60. The van der Waals surface area contributed by atoms with Crippen LogP contribution in [-0.4, -0.2) is 10.8 Å². The average molecular weight is 307 g/mol. The lowest BCUT2D eigenvalue weighted by Gasteiger charge is -2.00. The van der Waals surface area contributed by atoms with Crippen LogP contribution < -0.4 is 5.32 Å². The average Bonchev–Trinajstić information content (AvgIpc) is 2.98. The van der Waals surface area contributed by atoms with Gasteiger partial charge in [-0.05, 0) is 34.5 Å². The highest BCUT2D eigenvalue weighted by molar-refractivity contribution is 7.08. The minimum atomic E-state index is -0.562. The van der Waals surface area contributed by atoms with Gasteiger partial charge < -0.3 is 5.32 Å². The van der Waals surface area contributed by atoms with Gasteiger partial charge in [0.2, 0.25) is 0 Å². The molecule has 0 bridgehead atoms. The summed E-state index contributed by atoms with van der Waals surface area (Å²) in [6, 6.07) is 4.60. The Bertz CT molecular complexity index is 753. The molecular formula is C13H7ClN2O3S. The Morgan fingerprint density at radius 1 is 1.40 bits per heavy atom. The summed E-state index contributed by atoms with van der Waals surface area (Å²) >= 11 is 7.34. The molecule has 0 saturated carbocycles. The molecule has 0 spiro atoms. The minimum absolute atomic E-state index is 0.00540. The number of nitro benzene ring substituents is 1. The van der Waals surface area contributed by atoms with Crippen LogP contribution in [0.3, 0.4) is 0 Å². The van der Waals surface area contributed by atoms with Gasteiger partial charge in [0, 0.05) is 17.2 Å². The van der Waals surface area contributed by atoms with Crippen LogP contribution in [-0.2, 0) is 4.79 Å². The summed E-state index contributed by atoms with van der Waals surface area (Å²) in [5.41, 5.74) is 2.06. The molecule has 0 atom stereocenters. The number of halogens is 1. The van der Waals surface area contributed by atoms with Crippen molar-refractivity contribution >= 4 is 51.9 Å². The van der Waals surface area contributed by atoms with Gasteiger partial charge in [-0.25, -0.2) is 0 Å². The number of nitro groups is 1. The van der Waals surface area contributed by atoms with E-state index in [1.807, 2.05) is 16.8 Å². The number of carbonyl (C=O) groups excluding carboxylic acids is 1. The van der Waals surface area contributed by atoms with Crippen LogP contribution in [0.5, 0.6) is 0 Å². The molecule has 1 aliphatic heterocycles. The molecule has 0 saturated heterocycles. The zero-order valence-corrected chi connectivity index (χ0v) is 11.5. The Balaban J connectivity index is 2.16. The Morgan fingerprint density at radius 3 is 2.85 bits per heavy atom. The van der Waals surface area contributed by atoms with E-state index < -0.39 is 4.92 Å². The predicted octanol–water partition coefficient (Wildman–Crippen LogP) is 3.80. The summed E-state index contributed by atoms with van der Waals surface area (Å²) in [6.45, 7) is 0. The molecule has 20 heavy (non-hydrogen) atoms. The van der Waals surface area contributed by atoms with Crippen LogP contribution in [0.25, 0.3) is 11.6 Å². The quantitative estimate of drug-likeness (QED) is 0.521. The van der Waals surface area contributed by atoms with Gasteiger partial charge in [0.1, 0.15) is 5.02 Å². The lowest BCUT2D eigenvalue weighted by atomic mass is 10.0. The van der Waals surface area contributed by atoms with E-state index >= 15 is 0 Å². The molecule has 1 aliphatic rings. The van der Waals surface area contributed by atoms with E-state index in [1.165, 1.54) is 23.5 Å². The lowest BCUT2D eigenvalue weighted by molar-refractivity contribution is -0.384. The molecule has 0 fully saturated rings. The maximum atomic E-state index is 12.0.